The molecule has 0 radical (unpaired) electrons. The highest BCUT2D eigenvalue weighted by Gasteiger charge is 2.49. The number of rotatable bonds is 3. The first-order valence-corrected chi connectivity index (χ1v) is 8.38. The zero-order valence-corrected chi connectivity index (χ0v) is 11.9. The lowest BCUT2D eigenvalue weighted by Gasteiger charge is -2.53. The molecule has 5 rings (SSSR count). The van der Waals surface area contributed by atoms with Crippen molar-refractivity contribution in [3.63, 3.8) is 0 Å². The molecule has 0 N–H and O–H groups in total. The van der Waals surface area contributed by atoms with Crippen LogP contribution >= 0.6 is 11.3 Å². The second-order valence-electron chi connectivity index (χ2n) is 6.64. The molecular weight excluding hydrogens is 256 g/mol. The Kier molecular flexibility index (Phi) is 2.91. The molecule has 0 amide bonds. The summed E-state index contributed by atoms with van der Waals surface area (Å²) in [5, 5.41) is 2.02. The summed E-state index contributed by atoms with van der Waals surface area (Å²) in [6, 6.07) is 4.01. The SMILES string of the molecule is O=C(Cc1cccs1)OC1C2CC3CC(C2)CC1C3. The molecule has 4 aliphatic rings. The molecule has 1 aromatic rings. The molecule has 4 aliphatic carbocycles. The van der Waals surface area contributed by atoms with Gasteiger partial charge in [-0.3, -0.25) is 4.79 Å². The largest absolute Gasteiger partial charge is 0.462 e. The first kappa shape index (κ1) is 12.0. The maximum Gasteiger partial charge on any atom is 0.311 e. The molecule has 3 heteroatoms. The van der Waals surface area contributed by atoms with Crippen molar-refractivity contribution in [2.45, 2.75) is 44.6 Å². The third-order valence-electron chi connectivity index (χ3n) is 5.31. The van der Waals surface area contributed by atoms with E-state index < -0.39 is 0 Å². The van der Waals surface area contributed by atoms with E-state index in [1.807, 2.05) is 17.5 Å². The molecule has 0 spiro atoms. The second-order valence-corrected chi connectivity index (χ2v) is 7.67. The van der Waals surface area contributed by atoms with Gasteiger partial charge >= 0.3 is 5.97 Å². The van der Waals surface area contributed by atoms with Crippen molar-refractivity contribution in [3.05, 3.63) is 22.4 Å². The van der Waals surface area contributed by atoms with E-state index in [0.717, 1.165) is 16.7 Å². The van der Waals surface area contributed by atoms with Gasteiger partial charge < -0.3 is 4.74 Å². The van der Waals surface area contributed by atoms with Crippen molar-refractivity contribution in [2.75, 3.05) is 0 Å². The number of carbonyl (C=O) groups is 1. The Balaban J connectivity index is 1.41. The maximum atomic E-state index is 12.1. The van der Waals surface area contributed by atoms with Crippen LogP contribution in [0.25, 0.3) is 0 Å². The van der Waals surface area contributed by atoms with Gasteiger partial charge in [-0.15, -0.1) is 11.3 Å². The van der Waals surface area contributed by atoms with E-state index in [1.54, 1.807) is 11.3 Å². The van der Waals surface area contributed by atoms with Crippen molar-refractivity contribution >= 4 is 17.3 Å². The highest BCUT2D eigenvalue weighted by Crippen LogP contribution is 2.54. The molecule has 0 atom stereocenters. The summed E-state index contributed by atoms with van der Waals surface area (Å²) in [5.41, 5.74) is 0. The quantitative estimate of drug-likeness (QED) is 0.788. The third-order valence-corrected chi connectivity index (χ3v) is 6.18. The summed E-state index contributed by atoms with van der Waals surface area (Å²) in [6.45, 7) is 0. The van der Waals surface area contributed by atoms with E-state index in [4.69, 9.17) is 4.74 Å². The minimum absolute atomic E-state index is 0.0140. The van der Waals surface area contributed by atoms with E-state index in [0.29, 0.717) is 18.3 Å². The topological polar surface area (TPSA) is 26.3 Å². The molecule has 1 heterocycles. The summed E-state index contributed by atoms with van der Waals surface area (Å²) in [6.07, 6.45) is 7.38. The van der Waals surface area contributed by atoms with Gasteiger partial charge in [0.1, 0.15) is 6.10 Å². The molecule has 4 bridgehead atoms. The van der Waals surface area contributed by atoms with Gasteiger partial charge in [0.15, 0.2) is 0 Å². The summed E-state index contributed by atoms with van der Waals surface area (Å²) in [7, 11) is 0. The first-order valence-electron chi connectivity index (χ1n) is 7.50. The number of thiophene rings is 1. The maximum absolute atomic E-state index is 12.1. The molecule has 2 nitrogen and oxygen atoms in total. The summed E-state index contributed by atoms with van der Waals surface area (Å²) in [4.78, 5) is 13.2. The molecular formula is C16H20O2S. The number of hydrogen-bond acceptors (Lipinski definition) is 3. The van der Waals surface area contributed by atoms with Gasteiger partial charge in [0.2, 0.25) is 0 Å². The number of esters is 1. The molecule has 0 aliphatic heterocycles. The predicted octanol–water partition coefficient (Wildman–Crippen LogP) is 3.66. The smallest absolute Gasteiger partial charge is 0.311 e. The lowest BCUT2D eigenvalue weighted by atomic mass is 9.55. The van der Waals surface area contributed by atoms with Crippen molar-refractivity contribution in [1.29, 1.82) is 0 Å². The van der Waals surface area contributed by atoms with Crippen LogP contribution in [0.15, 0.2) is 17.5 Å². The van der Waals surface area contributed by atoms with Gasteiger partial charge in [-0.25, -0.2) is 0 Å². The van der Waals surface area contributed by atoms with Crippen LogP contribution in [0.2, 0.25) is 0 Å². The highest BCUT2D eigenvalue weighted by atomic mass is 32.1. The zero-order chi connectivity index (χ0) is 12.8. The Morgan fingerprint density at radius 3 is 2.42 bits per heavy atom. The fourth-order valence-electron chi connectivity index (χ4n) is 4.82. The number of carbonyl (C=O) groups excluding carboxylic acids is 1. The van der Waals surface area contributed by atoms with E-state index in [2.05, 4.69) is 0 Å². The van der Waals surface area contributed by atoms with Crippen LogP contribution in [0, 0.1) is 23.7 Å². The number of ether oxygens (including phenoxy) is 1. The third kappa shape index (κ3) is 2.22. The van der Waals surface area contributed by atoms with Crippen LogP contribution in [0.4, 0.5) is 0 Å². The average molecular weight is 276 g/mol. The van der Waals surface area contributed by atoms with Crippen molar-refractivity contribution in [1.82, 2.24) is 0 Å². The van der Waals surface area contributed by atoms with Crippen LogP contribution in [-0.2, 0) is 16.0 Å². The zero-order valence-electron chi connectivity index (χ0n) is 11.1. The lowest BCUT2D eigenvalue weighted by molar-refractivity contribution is -0.169. The second kappa shape index (κ2) is 4.62. The fraction of sp³-hybridized carbons (Fsp3) is 0.688. The first-order chi connectivity index (χ1) is 9.28. The van der Waals surface area contributed by atoms with E-state index in [1.165, 1.54) is 32.1 Å². The van der Waals surface area contributed by atoms with Gasteiger partial charge in [0.05, 0.1) is 6.42 Å². The van der Waals surface area contributed by atoms with Gasteiger partial charge in [-0.05, 0) is 67.2 Å². The highest BCUT2D eigenvalue weighted by molar-refractivity contribution is 7.10. The lowest BCUT2D eigenvalue weighted by Crippen LogP contribution is -2.50. The Bertz CT molecular complexity index is 437. The van der Waals surface area contributed by atoms with Gasteiger partial charge in [-0.2, -0.15) is 0 Å². The Hall–Kier alpha value is -0.830. The van der Waals surface area contributed by atoms with Crippen LogP contribution in [0.5, 0.6) is 0 Å². The van der Waals surface area contributed by atoms with Crippen LogP contribution in [0.1, 0.15) is 37.0 Å². The molecule has 19 heavy (non-hydrogen) atoms. The summed E-state index contributed by atoms with van der Waals surface area (Å²) < 4.78 is 5.87. The van der Waals surface area contributed by atoms with Gasteiger partial charge in [0, 0.05) is 4.88 Å². The van der Waals surface area contributed by atoms with E-state index >= 15 is 0 Å². The number of hydrogen-bond donors (Lipinski definition) is 0. The summed E-state index contributed by atoms with van der Waals surface area (Å²) >= 11 is 1.64. The fourth-order valence-corrected chi connectivity index (χ4v) is 5.51. The molecule has 4 saturated carbocycles. The van der Waals surface area contributed by atoms with Crippen molar-refractivity contribution in [3.8, 4) is 0 Å². The van der Waals surface area contributed by atoms with Gasteiger partial charge in [-0.1, -0.05) is 6.07 Å². The minimum Gasteiger partial charge on any atom is -0.462 e. The van der Waals surface area contributed by atoms with Crippen molar-refractivity contribution in [2.24, 2.45) is 23.7 Å². The molecule has 0 unspecified atom stereocenters. The monoisotopic (exact) mass is 276 g/mol. The van der Waals surface area contributed by atoms with Crippen molar-refractivity contribution < 1.29 is 9.53 Å². The summed E-state index contributed by atoms with van der Waals surface area (Å²) in [5.74, 6) is 3.21. The normalized spacial score (nSPS) is 39.5. The Morgan fingerprint density at radius 1 is 1.16 bits per heavy atom. The van der Waals surface area contributed by atoms with Crippen LogP contribution in [-0.4, -0.2) is 12.1 Å². The molecule has 102 valence electrons. The van der Waals surface area contributed by atoms with E-state index in [-0.39, 0.29) is 12.1 Å². The predicted molar refractivity (Wildman–Crippen MR) is 74.9 cm³/mol. The molecule has 1 aromatic heterocycles. The molecule has 4 fully saturated rings. The Morgan fingerprint density at radius 2 is 1.84 bits per heavy atom. The van der Waals surface area contributed by atoms with Crippen LogP contribution < -0.4 is 0 Å². The van der Waals surface area contributed by atoms with E-state index in [9.17, 15) is 4.79 Å². The average Bonchev–Trinajstić information content (AvgIpc) is 2.85. The standard InChI is InChI=1S/C16H20O2S/c17-15(9-14-2-1-3-19-14)18-16-12-5-10-4-11(7-12)8-13(16)6-10/h1-3,10-13,16H,4-9H2. The minimum atomic E-state index is -0.0140. The molecule has 0 saturated heterocycles. The van der Waals surface area contributed by atoms with Gasteiger partial charge in [0.25, 0.3) is 0 Å². The Labute approximate surface area is 118 Å². The molecule has 0 aromatic carbocycles. The van der Waals surface area contributed by atoms with Crippen LogP contribution in [0.3, 0.4) is 0 Å².